The van der Waals surface area contributed by atoms with Gasteiger partial charge in [-0.2, -0.15) is 0 Å². The first-order valence-electron chi connectivity index (χ1n) is 9.22. The van der Waals surface area contributed by atoms with Crippen molar-refractivity contribution in [1.82, 2.24) is 14.9 Å². The van der Waals surface area contributed by atoms with Crippen molar-refractivity contribution in [3.63, 3.8) is 0 Å². The zero-order valence-electron chi connectivity index (χ0n) is 14.1. The van der Waals surface area contributed by atoms with E-state index in [1.54, 1.807) is 0 Å². The van der Waals surface area contributed by atoms with Crippen LogP contribution in [0.4, 0.5) is 0 Å². The minimum atomic E-state index is 0.218. The molecule has 1 aliphatic heterocycles. The van der Waals surface area contributed by atoms with Gasteiger partial charge in [-0.15, -0.1) is 0 Å². The molecule has 4 heteroatoms. The first kappa shape index (κ1) is 15.4. The second-order valence-corrected chi connectivity index (χ2v) is 7.10. The van der Waals surface area contributed by atoms with Crippen LogP contribution in [0.2, 0.25) is 0 Å². The van der Waals surface area contributed by atoms with E-state index in [9.17, 15) is 4.79 Å². The summed E-state index contributed by atoms with van der Waals surface area (Å²) in [5.41, 5.74) is 3.49. The van der Waals surface area contributed by atoms with E-state index in [1.807, 2.05) is 29.2 Å². The number of amides is 1. The molecule has 4 nitrogen and oxygen atoms in total. The monoisotopic (exact) mass is 323 g/mol. The van der Waals surface area contributed by atoms with Crippen LogP contribution >= 0.6 is 0 Å². The molecule has 0 bridgehead atoms. The molecule has 0 radical (unpaired) electrons. The number of rotatable bonds is 2. The van der Waals surface area contributed by atoms with Gasteiger partial charge in [0.15, 0.2) is 0 Å². The van der Waals surface area contributed by atoms with Gasteiger partial charge in [0, 0.05) is 25.1 Å². The maximum atomic E-state index is 12.5. The number of nitrogens with one attached hydrogen (secondary N) is 1. The number of fused-ring (bicyclic) bond motifs is 1. The van der Waals surface area contributed by atoms with Gasteiger partial charge in [-0.3, -0.25) is 4.79 Å². The number of carbonyl (C=O) groups excluding carboxylic acids is 1. The Morgan fingerprint density at radius 1 is 1.12 bits per heavy atom. The number of allylic oxidation sites excluding steroid dienone is 1. The number of hydrogen-bond donors (Lipinski definition) is 1. The molecular weight excluding hydrogens is 298 g/mol. The van der Waals surface area contributed by atoms with Gasteiger partial charge < -0.3 is 9.88 Å². The van der Waals surface area contributed by atoms with E-state index in [0.717, 1.165) is 55.6 Å². The SMILES string of the molecule is O=C(C=C1CCCCC1)N1CCC(c2nc3ccccc3[nH]2)CC1. The Morgan fingerprint density at radius 2 is 1.88 bits per heavy atom. The Morgan fingerprint density at radius 3 is 2.62 bits per heavy atom. The fourth-order valence-electron chi connectivity index (χ4n) is 3.96. The summed E-state index contributed by atoms with van der Waals surface area (Å²) in [5.74, 6) is 1.73. The molecule has 1 saturated carbocycles. The third-order valence-electron chi connectivity index (χ3n) is 5.42. The Bertz CT molecular complexity index is 712. The zero-order chi connectivity index (χ0) is 16.4. The first-order valence-corrected chi connectivity index (χ1v) is 9.22. The van der Waals surface area contributed by atoms with Crippen LogP contribution in [0.25, 0.3) is 11.0 Å². The molecule has 1 N–H and O–H groups in total. The summed E-state index contributed by atoms with van der Waals surface area (Å²) in [4.78, 5) is 22.7. The molecule has 2 heterocycles. The molecule has 1 amide bonds. The number of para-hydroxylation sites is 2. The van der Waals surface area contributed by atoms with E-state index in [0.29, 0.717) is 5.92 Å². The van der Waals surface area contributed by atoms with Crippen molar-refractivity contribution in [2.24, 2.45) is 0 Å². The largest absolute Gasteiger partial charge is 0.342 e. The smallest absolute Gasteiger partial charge is 0.246 e. The van der Waals surface area contributed by atoms with Gasteiger partial charge in [0.2, 0.25) is 5.91 Å². The van der Waals surface area contributed by atoms with Crippen molar-refractivity contribution in [3.05, 3.63) is 41.7 Å². The Kier molecular flexibility index (Phi) is 4.37. The number of aromatic nitrogens is 2. The van der Waals surface area contributed by atoms with Gasteiger partial charge >= 0.3 is 0 Å². The van der Waals surface area contributed by atoms with E-state index < -0.39 is 0 Å². The van der Waals surface area contributed by atoms with E-state index in [1.165, 1.54) is 24.8 Å². The van der Waals surface area contributed by atoms with Crippen LogP contribution in [0.3, 0.4) is 0 Å². The molecule has 0 unspecified atom stereocenters. The molecule has 0 spiro atoms. The summed E-state index contributed by atoms with van der Waals surface area (Å²) in [6.45, 7) is 1.68. The fraction of sp³-hybridized carbons (Fsp3) is 0.500. The maximum Gasteiger partial charge on any atom is 0.246 e. The van der Waals surface area contributed by atoms with Crippen molar-refractivity contribution in [1.29, 1.82) is 0 Å². The number of piperidine rings is 1. The third-order valence-corrected chi connectivity index (χ3v) is 5.42. The molecule has 126 valence electrons. The average molecular weight is 323 g/mol. The van der Waals surface area contributed by atoms with Crippen LogP contribution < -0.4 is 0 Å². The second kappa shape index (κ2) is 6.80. The highest BCUT2D eigenvalue weighted by Gasteiger charge is 2.25. The molecule has 1 aromatic carbocycles. The van der Waals surface area contributed by atoms with Crippen molar-refractivity contribution in [3.8, 4) is 0 Å². The predicted molar refractivity (Wildman–Crippen MR) is 95.8 cm³/mol. The van der Waals surface area contributed by atoms with Gasteiger partial charge in [-0.25, -0.2) is 4.98 Å². The zero-order valence-corrected chi connectivity index (χ0v) is 14.1. The predicted octanol–water partition coefficient (Wildman–Crippen LogP) is 4.16. The third kappa shape index (κ3) is 3.23. The Hall–Kier alpha value is -2.10. The minimum absolute atomic E-state index is 0.218. The Labute approximate surface area is 143 Å². The topological polar surface area (TPSA) is 49.0 Å². The van der Waals surface area contributed by atoms with Crippen LogP contribution in [0.5, 0.6) is 0 Å². The van der Waals surface area contributed by atoms with Gasteiger partial charge in [0.1, 0.15) is 5.82 Å². The standard InChI is InChI=1S/C20H25N3O/c24-19(14-15-6-2-1-3-7-15)23-12-10-16(11-13-23)20-21-17-8-4-5-9-18(17)22-20/h4-5,8-9,14,16H,1-3,6-7,10-13H2,(H,21,22). The van der Waals surface area contributed by atoms with E-state index in [2.05, 4.69) is 11.1 Å². The van der Waals surface area contributed by atoms with Gasteiger partial charge in [0.25, 0.3) is 0 Å². The number of aromatic amines is 1. The molecule has 1 saturated heterocycles. The van der Waals surface area contributed by atoms with Crippen LogP contribution in [-0.4, -0.2) is 33.9 Å². The lowest BCUT2D eigenvalue weighted by Gasteiger charge is -2.30. The van der Waals surface area contributed by atoms with Crippen LogP contribution in [-0.2, 0) is 4.79 Å². The van der Waals surface area contributed by atoms with Gasteiger partial charge in [0.05, 0.1) is 11.0 Å². The Balaban J connectivity index is 1.38. The van der Waals surface area contributed by atoms with Crippen molar-refractivity contribution in [2.75, 3.05) is 13.1 Å². The van der Waals surface area contributed by atoms with Crippen molar-refractivity contribution < 1.29 is 4.79 Å². The molecule has 2 aromatic rings. The molecule has 4 rings (SSSR count). The molecule has 0 atom stereocenters. The molecule has 1 aromatic heterocycles. The number of likely N-dealkylation sites (tertiary alicyclic amines) is 1. The number of hydrogen-bond acceptors (Lipinski definition) is 2. The summed E-state index contributed by atoms with van der Waals surface area (Å²) in [7, 11) is 0. The summed E-state index contributed by atoms with van der Waals surface area (Å²) < 4.78 is 0. The lowest BCUT2D eigenvalue weighted by atomic mass is 9.93. The highest BCUT2D eigenvalue weighted by Crippen LogP contribution is 2.28. The lowest BCUT2D eigenvalue weighted by Crippen LogP contribution is -2.37. The highest BCUT2D eigenvalue weighted by atomic mass is 16.2. The van der Waals surface area contributed by atoms with E-state index >= 15 is 0 Å². The summed E-state index contributed by atoms with van der Waals surface area (Å²) in [5, 5.41) is 0. The van der Waals surface area contributed by atoms with E-state index in [4.69, 9.17) is 4.98 Å². The summed E-state index contributed by atoms with van der Waals surface area (Å²) in [6.07, 6.45) is 9.93. The minimum Gasteiger partial charge on any atom is -0.342 e. The number of nitrogens with zero attached hydrogens (tertiary/aromatic N) is 2. The van der Waals surface area contributed by atoms with Gasteiger partial charge in [-0.05, 0) is 50.7 Å². The number of benzene rings is 1. The van der Waals surface area contributed by atoms with Crippen LogP contribution in [0.15, 0.2) is 35.9 Å². The highest BCUT2D eigenvalue weighted by molar-refractivity contribution is 5.88. The average Bonchev–Trinajstić information content (AvgIpc) is 3.07. The van der Waals surface area contributed by atoms with Crippen LogP contribution in [0, 0.1) is 0 Å². The number of carbonyl (C=O) groups is 1. The van der Waals surface area contributed by atoms with Gasteiger partial charge in [-0.1, -0.05) is 24.1 Å². The molecule has 2 fully saturated rings. The molecular formula is C20H25N3O. The number of imidazole rings is 1. The molecule has 2 aliphatic rings. The van der Waals surface area contributed by atoms with Crippen molar-refractivity contribution in [2.45, 2.75) is 50.9 Å². The van der Waals surface area contributed by atoms with Crippen molar-refractivity contribution >= 4 is 16.9 Å². The van der Waals surface area contributed by atoms with Crippen LogP contribution in [0.1, 0.15) is 56.7 Å². The number of H-pyrrole nitrogens is 1. The maximum absolute atomic E-state index is 12.5. The second-order valence-electron chi connectivity index (χ2n) is 7.10. The normalized spacial score (nSPS) is 19.7. The first-order chi connectivity index (χ1) is 11.8. The molecule has 1 aliphatic carbocycles. The van der Waals surface area contributed by atoms with E-state index in [-0.39, 0.29) is 5.91 Å². The lowest BCUT2D eigenvalue weighted by molar-refractivity contribution is -0.127. The molecule has 24 heavy (non-hydrogen) atoms. The quantitative estimate of drug-likeness (QED) is 0.844. The summed E-state index contributed by atoms with van der Waals surface area (Å²) >= 11 is 0. The fourth-order valence-corrected chi connectivity index (χ4v) is 3.96. The summed E-state index contributed by atoms with van der Waals surface area (Å²) in [6, 6.07) is 8.17.